The van der Waals surface area contributed by atoms with Crippen LogP contribution in [-0.4, -0.2) is 60.3 Å². The lowest BCUT2D eigenvalue weighted by atomic mass is 10.0. The SMILES string of the molecule is COc1ccc(SSc2ccc(OC)cc2C(=O)N[C@H](CC(C)C)C(=O)O)c(C(=O)N[C@@H](CC(C)C)C(=O)O)c1. The van der Waals surface area contributed by atoms with Crippen LogP contribution in [0, 0.1) is 11.8 Å². The molecule has 218 valence electrons. The summed E-state index contributed by atoms with van der Waals surface area (Å²) in [7, 11) is 5.31. The second-order valence-electron chi connectivity index (χ2n) is 9.88. The fraction of sp³-hybridized carbons (Fsp3) is 0.429. The number of nitrogens with one attached hydrogen (secondary N) is 2. The predicted octanol–water partition coefficient (Wildman–Crippen LogP) is 4.96. The number of hydrogen-bond donors (Lipinski definition) is 4. The van der Waals surface area contributed by atoms with Crippen molar-refractivity contribution >= 4 is 45.3 Å². The van der Waals surface area contributed by atoms with E-state index in [1.54, 1.807) is 24.3 Å². The molecule has 0 saturated heterocycles. The van der Waals surface area contributed by atoms with Gasteiger partial charge in [0, 0.05) is 9.79 Å². The monoisotopic (exact) mass is 592 g/mol. The van der Waals surface area contributed by atoms with E-state index in [0.717, 1.165) is 0 Å². The van der Waals surface area contributed by atoms with Gasteiger partial charge in [-0.25, -0.2) is 9.59 Å². The number of carboxylic acids is 2. The van der Waals surface area contributed by atoms with Crippen molar-refractivity contribution in [3.63, 3.8) is 0 Å². The highest BCUT2D eigenvalue weighted by Crippen LogP contribution is 2.42. The highest BCUT2D eigenvalue weighted by atomic mass is 33.1. The largest absolute Gasteiger partial charge is 0.497 e. The normalized spacial score (nSPS) is 12.5. The number of benzene rings is 2. The summed E-state index contributed by atoms with van der Waals surface area (Å²) in [6.45, 7) is 7.48. The number of methoxy groups -OCH3 is 2. The fourth-order valence-electron chi connectivity index (χ4n) is 3.72. The molecule has 0 aliphatic heterocycles. The van der Waals surface area contributed by atoms with Gasteiger partial charge in [0.05, 0.1) is 25.3 Å². The number of ether oxygens (including phenoxy) is 2. The van der Waals surface area contributed by atoms with E-state index in [0.29, 0.717) is 21.3 Å². The van der Waals surface area contributed by atoms with E-state index in [1.807, 2.05) is 27.7 Å². The zero-order valence-electron chi connectivity index (χ0n) is 23.3. The molecule has 2 atom stereocenters. The first kappa shape index (κ1) is 32.8. The minimum absolute atomic E-state index is 0.0528. The van der Waals surface area contributed by atoms with E-state index >= 15 is 0 Å². The average Bonchev–Trinajstić information content (AvgIpc) is 2.90. The number of carboxylic acid groups (broad SMARTS) is 2. The van der Waals surface area contributed by atoms with Crippen molar-refractivity contribution in [1.82, 2.24) is 10.6 Å². The summed E-state index contributed by atoms with van der Waals surface area (Å²) in [5.74, 6) is -2.44. The number of carbonyl (C=O) groups is 4. The molecule has 2 aromatic carbocycles. The van der Waals surface area contributed by atoms with Gasteiger partial charge in [-0.05, 0) is 61.1 Å². The molecule has 0 bridgehead atoms. The van der Waals surface area contributed by atoms with E-state index < -0.39 is 35.8 Å². The highest BCUT2D eigenvalue weighted by Gasteiger charge is 2.26. The van der Waals surface area contributed by atoms with Crippen LogP contribution >= 0.6 is 21.6 Å². The summed E-state index contributed by atoms with van der Waals surface area (Å²) in [4.78, 5) is 50.8. The smallest absolute Gasteiger partial charge is 0.326 e. The first-order valence-electron chi connectivity index (χ1n) is 12.6. The Morgan fingerprint density at radius 3 is 1.32 bits per heavy atom. The molecule has 0 fully saturated rings. The fourth-order valence-corrected chi connectivity index (χ4v) is 6.04. The molecule has 0 unspecified atom stereocenters. The van der Waals surface area contributed by atoms with Crippen LogP contribution in [0.1, 0.15) is 61.3 Å². The second kappa shape index (κ2) is 15.4. The quantitative estimate of drug-likeness (QED) is 0.209. The minimum Gasteiger partial charge on any atom is -0.497 e. The molecule has 0 aliphatic rings. The summed E-state index contributed by atoms with van der Waals surface area (Å²) in [5, 5.41) is 24.3. The van der Waals surface area contributed by atoms with E-state index in [4.69, 9.17) is 9.47 Å². The molecule has 2 aromatic rings. The number of aliphatic carboxylic acids is 2. The van der Waals surface area contributed by atoms with Crippen molar-refractivity contribution in [2.75, 3.05) is 14.2 Å². The maximum absolute atomic E-state index is 13.2. The maximum atomic E-state index is 13.2. The molecule has 0 radical (unpaired) electrons. The van der Waals surface area contributed by atoms with Crippen LogP contribution in [-0.2, 0) is 9.59 Å². The Balaban J connectivity index is 2.36. The molecule has 0 aliphatic carbocycles. The average molecular weight is 593 g/mol. The minimum atomic E-state index is -1.13. The van der Waals surface area contributed by atoms with Crippen LogP contribution in [0.5, 0.6) is 11.5 Å². The van der Waals surface area contributed by atoms with Gasteiger partial charge in [-0.1, -0.05) is 49.3 Å². The molecule has 0 spiro atoms. The molecule has 10 nitrogen and oxygen atoms in total. The summed E-state index contributed by atoms with van der Waals surface area (Å²) < 4.78 is 10.5. The Morgan fingerprint density at radius 2 is 1.05 bits per heavy atom. The molecule has 40 heavy (non-hydrogen) atoms. The number of rotatable bonds is 15. The van der Waals surface area contributed by atoms with Gasteiger partial charge < -0.3 is 30.3 Å². The summed E-state index contributed by atoms with van der Waals surface area (Å²) in [5.41, 5.74) is 0.434. The summed E-state index contributed by atoms with van der Waals surface area (Å²) in [6, 6.07) is 7.63. The summed E-state index contributed by atoms with van der Waals surface area (Å²) >= 11 is 0. The lowest BCUT2D eigenvalue weighted by molar-refractivity contribution is -0.140. The molecule has 0 saturated carbocycles. The van der Waals surface area contributed by atoms with Gasteiger partial charge >= 0.3 is 11.9 Å². The van der Waals surface area contributed by atoms with E-state index in [9.17, 15) is 29.4 Å². The Kier molecular flexibility index (Phi) is 12.7. The van der Waals surface area contributed by atoms with Gasteiger partial charge in [0.15, 0.2) is 0 Å². The van der Waals surface area contributed by atoms with Crippen LogP contribution in [0.3, 0.4) is 0 Å². The Bertz CT molecular complexity index is 1130. The number of carbonyl (C=O) groups excluding carboxylic acids is 2. The number of amides is 2. The Labute approximate surface area is 242 Å². The zero-order valence-corrected chi connectivity index (χ0v) is 25.0. The third kappa shape index (κ3) is 9.67. The zero-order chi connectivity index (χ0) is 30.0. The first-order valence-corrected chi connectivity index (χ1v) is 14.8. The number of hydrogen-bond acceptors (Lipinski definition) is 8. The Morgan fingerprint density at radius 1 is 0.700 bits per heavy atom. The van der Waals surface area contributed by atoms with Crippen molar-refractivity contribution < 1.29 is 38.9 Å². The van der Waals surface area contributed by atoms with Crippen molar-refractivity contribution in [2.24, 2.45) is 11.8 Å². The van der Waals surface area contributed by atoms with Crippen LogP contribution in [0.2, 0.25) is 0 Å². The molecule has 12 heteroatoms. The highest BCUT2D eigenvalue weighted by molar-refractivity contribution is 8.76. The predicted molar refractivity (Wildman–Crippen MR) is 154 cm³/mol. The van der Waals surface area contributed by atoms with Crippen molar-refractivity contribution in [3.8, 4) is 11.5 Å². The van der Waals surface area contributed by atoms with Crippen molar-refractivity contribution in [2.45, 2.75) is 62.4 Å². The first-order chi connectivity index (χ1) is 18.9. The lowest BCUT2D eigenvalue weighted by Crippen LogP contribution is -2.41. The summed E-state index contributed by atoms with van der Waals surface area (Å²) in [6.07, 6.45) is 0.529. The van der Waals surface area contributed by atoms with Crippen LogP contribution in [0.4, 0.5) is 0 Å². The lowest BCUT2D eigenvalue weighted by Gasteiger charge is -2.19. The standard InChI is InChI=1S/C28H36N2O8S2/c1-15(2)11-21(27(33)34)29-25(31)19-13-17(37-5)7-9-23(19)39-40-24-10-8-18(38-6)14-20(24)26(32)30-22(28(35)36)12-16(3)4/h7-10,13-16,21-22H,11-12H2,1-6H3,(H,29,31)(H,30,32)(H,33,34)(H,35,36)/t21-,22+. The Hall–Kier alpha value is -3.38. The van der Waals surface area contributed by atoms with Gasteiger partial charge in [-0.15, -0.1) is 0 Å². The van der Waals surface area contributed by atoms with Crippen molar-refractivity contribution in [1.29, 1.82) is 0 Å². The van der Waals surface area contributed by atoms with Crippen LogP contribution in [0.25, 0.3) is 0 Å². The van der Waals surface area contributed by atoms with Crippen molar-refractivity contribution in [3.05, 3.63) is 47.5 Å². The van der Waals surface area contributed by atoms with Gasteiger partial charge in [-0.2, -0.15) is 0 Å². The van der Waals surface area contributed by atoms with Gasteiger partial charge in [-0.3, -0.25) is 9.59 Å². The molecule has 2 amide bonds. The molecular weight excluding hydrogens is 556 g/mol. The third-order valence-electron chi connectivity index (χ3n) is 5.70. The van der Waals surface area contributed by atoms with E-state index in [2.05, 4.69) is 10.6 Å². The van der Waals surface area contributed by atoms with Crippen LogP contribution < -0.4 is 20.1 Å². The molecule has 4 N–H and O–H groups in total. The molecule has 0 aromatic heterocycles. The second-order valence-corrected chi connectivity index (χ2v) is 12.1. The maximum Gasteiger partial charge on any atom is 0.326 e. The van der Waals surface area contributed by atoms with Gasteiger partial charge in [0.25, 0.3) is 11.8 Å². The molecular formula is C28H36N2O8S2. The molecule has 2 rings (SSSR count). The van der Waals surface area contributed by atoms with Gasteiger partial charge in [0.1, 0.15) is 23.6 Å². The van der Waals surface area contributed by atoms with E-state index in [-0.39, 0.29) is 35.8 Å². The van der Waals surface area contributed by atoms with E-state index in [1.165, 1.54) is 47.9 Å². The van der Waals surface area contributed by atoms with Gasteiger partial charge in [0.2, 0.25) is 0 Å². The third-order valence-corrected chi connectivity index (χ3v) is 8.19. The molecule has 0 heterocycles. The topological polar surface area (TPSA) is 151 Å². The van der Waals surface area contributed by atoms with Crippen LogP contribution in [0.15, 0.2) is 46.2 Å².